The maximum atomic E-state index is 6.64. The lowest BCUT2D eigenvalue weighted by atomic mass is 9.72. The Bertz CT molecular complexity index is 431. The maximum absolute atomic E-state index is 6.64. The van der Waals surface area contributed by atoms with Crippen molar-refractivity contribution in [2.45, 2.75) is 51.0 Å². The highest BCUT2D eigenvalue weighted by Crippen LogP contribution is 2.40. The van der Waals surface area contributed by atoms with E-state index >= 15 is 0 Å². The summed E-state index contributed by atoms with van der Waals surface area (Å²) in [6.45, 7) is 3.19. The van der Waals surface area contributed by atoms with Gasteiger partial charge in [0.2, 0.25) is 0 Å². The minimum Gasteiger partial charge on any atom is -0.493 e. The van der Waals surface area contributed by atoms with E-state index in [9.17, 15) is 0 Å². The van der Waals surface area contributed by atoms with Crippen LogP contribution in [0.1, 0.15) is 50.5 Å². The van der Waals surface area contributed by atoms with Crippen LogP contribution in [0, 0.1) is 11.8 Å². The Labute approximate surface area is 116 Å². The maximum Gasteiger partial charge on any atom is 0.122 e. The summed E-state index contributed by atoms with van der Waals surface area (Å²) in [7, 11) is 0. The van der Waals surface area contributed by atoms with Crippen molar-refractivity contribution in [2.75, 3.05) is 6.61 Å². The number of hydrogen-bond donors (Lipinski definition) is 1. The average Bonchev–Trinajstić information content (AvgIpc) is 2.46. The van der Waals surface area contributed by atoms with Gasteiger partial charge < -0.3 is 10.5 Å². The standard InChI is InChI=1S/C17H25NO/c1-12-5-4-6-13(11-12)17(18)15-9-10-19-16-8-3-2-7-14(15)16/h2-3,7-8,12-13,15,17H,4-6,9-11,18H2,1H3. The van der Waals surface area contributed by atoms with Crippen molar-refractivity contribution in [1.29, 1.82) is 0 Å². The lowest BCUT2D eigenvalue weighted by molar-refractivity contribution is 0.194. The molecule has 104 valence electrons. The summed E-state index contributed by atoms with van der Waals surface area (Å²) in [5.41, 5.74) is 7.98. The van der Waals surface area contributed by atoms with Crippen molar-refractivity contribution in [3.05, 3.63) is 29.8 Å². The number of ether oxygens (including phenoxy) is 1. The van der Waals surface area contributed by atoms with Gasteiger partial charge in [-0.25, -0.2) is 0 Å². The Morgan fingerprint density at radius 3 is 2.89 bits per heavy atom. The molecule has 0 amide bonds. The first-order valence-corrected chi connectivity index (χ1v) is 7.73. The van der Waals surface area contributed by atoms with Gasteiger partial charge in [0.05, 0.1) is 6.61 Å². The monoisotopic (exact) mass is 259 g/mol. The Morgan fingerprint density at radius 1 is 1.21 bits per heavy atom. The quantitative estimate of drug-likeness (QED) is 0.878. The van der Waals surface area contributed by atoms with Gasteiger partial charge in [-0.3, -0.25) is 0 Å². The van der Waals surface area contributed by atoms with Gasteiger partial charge in [0.15, 0.2) is 0 Å². The van der Waals surface area contributed by atoms with E-state index < -0.39 is 0 Å². The molecule has 1 heterocycles. The van der Waals surface area contributed by atoms with Crippen LogP contribution in [-0.2, 0) is 0 Å². The van der Waals surface area contributed by atoms with Crippen molar-refractivity contribution in [2.24, 2.45) is 17.6 Å². The molecule has 0 aromatic heterocycles. The van der Waals surface area contributed by atoms with Crippen LogP contribution in [0.25, 0.3) is 0 Å². The van der Waals surface area contributed by atoms with E-state index in [1.165, 1.54) is 31.2 Å². The zero-order chi connectivity index (χ0) is 13.2. The van der Waals surface area contributed by atoms with Crippen molar-refractivity contribution < 1.29 is 4.74 Å². The number of nitrogens with two attached hydrogens (primary N) is 1. The summed E-state index contributed by atoms with van der Waals surface area (Å²) in [6.07, 6.45) is 6.42. The molecule has 0 bridgehead atoms. The van der Waals surface area contributed by atoms with E-state index in [1.807, 2.05) is 0 Å². The molecule has 3 rings (SSSR count). The summed E-state index contributed by atoms with van der Waals surface area (Å²) < 4.78 is 5.76. The number of benzene rings is 1. The van der Waals surface area contributed by atoms with E-state index in [1.54, 1.807) is 0 Å². The highest BCUT2D eigenvalue weighted by atomic mass is 16.5. The minimum absolute atomic E-state index is 0.299. The molecule has 0 saturated heterocycles. The Hall–Kier alpha value is -1.02. The molecule has 2 N–H and O–H groups in total. The zero-order valence-electron chi connectivity index (χ0n) is 11.8. The van der Waals surface area contributed by atoms with Crippen LogP contribution in [0.5, 0.6) is 5.75 Å². The second-order valence-electron chi connectivity index (χ2n) is 6.39. The molecule has 1 saturated carbocycles. The molecule has 0 spiro atoms. The fraction of sp³-hybridized carbons (Fsp3) is 0.647. The molecule has 2 heteroatoms. The number of para-hydroxylation sites is 1. The Balaban J connectivity index is 1.79. The van der Waals surface area contributed by atoms with Crippen LogP contribution in [-0.4, -0.2) is 12.6 Å². The van der Waals surface area contributed by atoms with Crippen LogP contribution in [0.15, 0.2) is 24.3 Å². The third-order valence-electron chi connectivity index (χ3n) is 4.99. The summed E-state index contributed by atoms with van der Waals surface area (Å²) >= 11 is 0. The lowest BCUT2D eigenvalue weighted by Crippen LogP contribution is -2.40. The van der Waals surface area contributed by atoms with Crippen LogP contribution in [0.3, 0.4) is 0 Å². The summed E-state index contributed by atoms with van der Waals surface area (Å²) in [6, 6.07) is 8.74. The van der Waals surface area contributed by atoms with E-state index in [4.69, 9.17) is 10.5 Å². The fourth-order valence-corrected chi connectivity index (χ4v) is 3.93. The van der Waals surface area contributed by atoms with Crippen molar-refractivity contribution in [3.8, 4) is 5.75 Å². The third-order valence-corrected chi connectivity index (χ3v) is 4.99. The van der Waals surface area contributed by atoms with Crippen molar-refractivity contribution >= 4 is 0 Å². The molecule has 1 fully saturated rings. The molecule has 1 aromatic rings. The number of hydrogen-bond acceptors (Lipinski definition) is 2. The minimum atomic E-state index is 0.299. The first-order valence-electron chi connectivity index (χ1n) is 7.73. The van der Waals surface area contributed by atoms with E-state index in [2.05, 4.69) is 31.2 Å². The third kappa shape index (κ3) is 2.64. The van der Waals surface area contributed by atoms with Gasteiger partial charge in [0, 0.05) is 12.0 Å². The van der Waals surface area contributed by atoms with Gasteiger partial charge in [-0.2, -0.15) is 0 Å². The first kappa shape index (κ1) is 13.0. The second kappa shape index (κ2) is 5.54. The van der Waals surface area contributed by atoms with Gasteiger partial charge in [0.25, 0.3) is 0 Å². The van der Waals surface area contributed by atoms with Crippen LogP contribution >= 0.6 is 0 Å². The van der Waals surface area contributed by atoms with E-state index in [0.717, 1.165) is 24.7 Å². The molecule has 4 atom stereocenters. The van der Waals surface area contributed by atoms with E-state index in [0.29, 0.717) is 17.9 Å². The predicted molar refractivity (Wildman–Crippen MR) is 78.4 cm³/mol. The highest BCUT2D eigenvalue weighted by Gasteiger charge is 2.33. The molecular weight excluding hydrogens is 234 g/mol. The molecular formula is C17H25NO. The normalized spacial score (nSPS) is 32.2. The lowest BCUT2D eigenvalue weighted by Gasteiger charge is -2.38. The molecule has 19 heavy (non-hydrogen) atoms. The Kier molecular flexibility index (Phi) is 3.79. The van der Waals surface area contributed by atoms with E-state index in [-0.39, 0.29) is 0 Å². The number of fused-ring (bicyclic) bond motifs is 1. The van der Waals surface area contributed by atoms with Gasteiger partial charge in [-0.1, -0.05) is 38.0 Å². The first-order chi connectivity index (χ1) is 9.25. The highest BCUT2D eigenvalue weighted by molar-refractivity contribution is 5.38. The van der Waals surface area contributed by atoms with Crippen molar-refractivity contribution in [3.63, 3.8) is 0 Å². The van der Waals surface area contributed by atoms with Gasteiger partial charge in [-0.15, -0.1) is 0 Å². The molecule has 1 aromatic carbocycles. The molecule has 1 aliphatic carbocycles. The molecule has 0 radical (unpaired) electrons. The molecule has 1 aliphatic heterocycles. The fourth-order valence-electron chi connectivity index (χ4n) is 3.93. The van der Waals surface area contributed by atoms with Crippen molar-refractivity contribution in [1.82, 2.24) is 0 Å². The topological polar surface area (TPSA) is 35.2 Å². The summed E-state index contributed by atoms with van der Waals surface area (Å²) in [5.74, 6) is 3.08. The van der Waals surface area contributed by atoms with Gasteiger partial charge in [0.1, 0.15) is 5.75 Å². The SMILES string of the molecule is CC1CCCC(C(N)C2CCOc3ccccc32)C1. The molecule has 2 nitrogen and oxygen atoms in total. The zero-order valence-corrected chi connectivity index (χ0v) is 11.8. The average molecular weight is 259 g/mol. The van der Waals surface area contributed by atoms with Gasteiger partial charge >= 0.3 is 0 Å². The smallest absolute Gasteiger partial charge is 0.122 e. The number of rotatable bonds is 2. The molecule has 4 unspecified atom stereocenters. The van der Waals surface area contributed by atoms with Crippen LogP contribution < -0.4 is 10.5 Å². The van der Waals surface area contributed by atoms with Crippen LogP contribution in [0.2, 0.25) is 0 Å². The largest absolute Gasteiger partial charge is 0.493 e. The predicted octanol–water partition coefficient (Wildman–Crippen LogP) is 3.71. The van der Waals surface area contributed by atoms with Gasteiger partial charge in [-0.05, 0) is 42.7 Å². The van der Waals surface area contributed by atoms with Crippen LogP contribution in [0.4, 0.5) is 0 Å². The summed E-state index contributed by atoms with van der Waals surface area (Å²) in [4.78, 5) is 0. The molecule has 2 aliphatic rings. The summed E-state index contributed by atoms with van der Waals surface area (Å²) in [5, 5.41) is 0. The Morgan fingerprint density at radius 2 is 2.05 bits per heavy atom. The second-order valence-corrected chi connectivity index (χ2v) is 6.39.